The molecule has 2 aromatic rings. The van der Waals surface area contributed by atoms with Crippen LogP contribution in [0.4, 0.5) is 11.4 Å². The Morgan fingerprint density at radius 3 is 2.38 bits per heavy atom. The molecule has 5 heteroatoms. The fraction of sp³-hybridized carbons (Fsp3) is 0.417. The smallest absolute Gasteiger partial charge is 0.253 e. The molecule has 2 rings (SSSR count). The lowest BCUT2D eigenvalue weighted by atomic mass is 10.1. The summed E-state index contributed by atoms with van der Waals surface area (Å²) in [7, 11) is 3.80. The monoisotopic (exact) mass is 395 g/mol. The van der Waals surface area contributed by atoms with E-state index in [0.29, 0.717) is 17.7 Å². The van der Waals surface area contributed by atoms with Crippen LogP contribution in [0.1, 0.15) is 67.9 Å². The first-order chi connectivity index (χ1) is 13.9. The highest BCUT2D eigenvalue weighted by molar-refractivity contribution is 6.02. The second-order valence-corrected chi connectivity index (χ2v) is 7.59. The standard InChI is InChI=1S/C24H33N3O2/c1-5-6-7-11-14-23(28)26-20-15-16-22(27(3)4)21(17-20)24(29)25-18(2)19-12-9-8-10-13-19/h8-10,12-13,15-18H,5-7,11,14H2,1-4H3,(H,25,29)(H,26,28)/t18-/m0/s1. The Labute approximate surface area is 174 Å². The zero-order chi connectivity index (χ0) is 21.2. The van der Waals surface area contributed by atoms with Gasteiger partial charge in [0.1, 0.15) is 0 Å². The van der Waals surface area contributed by atoms with Crippen molar-refractivity contribution in [2.75, 3.05) is 24.3 Å². The number of anilines is 2. The Bertz CT molecular complexity index is 803. The summed E-state index contributed by atoms with van der Waals surface area (Å²) in [5, 5.41) is 5.99. The summed E-state index contributed by atoms with van der Waals surface area (Å²) in [6.45, 7) is 4.11. The van der Waals surface area contributed by atoms with Crippen LogP contribution in [0.25, 0.3) is 0 Å². The molecular formula is C24H33N3O2. The lowest BCUT2D eigenvalue weighted by Gasteiger charge is -2.20. The minimum atomic E-state index is -0.163. The molecule has 0 radical (unpaired) electrons. The van der Waals surface area contributed by atoms with Crippen LogP contribution in [0.5, 0.6) is 0 Å². The zero-order valence-electron chi connectivity index (χ0n) is 18.0. The van der Waals surface area contributed by atoms with E-state index in [4.69, 9.17) is 0 Å². The fourth-order valence-corrected chi connectivity index (χ4v) is 3.22. The molecular weight excluding hydrogens is 362 g/mol. The number of carbonyl (C=O) groups is 2. The van der Waals surface area contributed by atoms with Crippen molar-refractivity contribution >= 4 is 23.2 Å². The number of hydrogen-bond donors (Lipinski definition) is 2. The lowest BCUT2D eigenvalue weighted by Crippen LogP contribution is -2.28. The average Bonchev–Trinajstić information content (AvgIpc) is 2.71. The molecule has 2 amide bonds. The Kier molecular flexibility index (Phi) is 8.71. The average molecular weight is 396 g/mol. The third-order valence-corrected chi connectivity index (χ3v) is 4.91. The van der Waals surface area contributed by atoms with Gasteiger partial charge in [0.25, 0.3) is 5.91 Å². The second kappa shape index (κ2) is 11.2. The van der Waals surface area contributed by atoms with E-state index in [1.54, 1.807) is 6.07 Å². The number of carbonyl (C=O) groups excluding carboxylic acids is 2. The van der Waals surface area contributed by atoms with Gasteiger partial charge in [0.05, 0.1) is 11.6 Å². The molecule has 0 aliphatic carbocycles. The lowest BCUT2D eigenvalue weighted by molar-refractivity contribution is -0.116. The topological polar surface area (TPSA) is 61.4 Å². The first-order valence-corrected chi connectivity index (χ1v) is 10.4. The molecule has 156 valence electrons. The number of nitrogens with one attached hydrogen (secondary N) is 2. The molecule has 0 aromatic heterocycles. The largest absolute Gasteiger partial charge is 0.377 e. The summed E-state index contributed by atoms with van der Waals surface area (Å²) >= 11 is 0. The molecule has 0 aliphatic rings. The summed E-state index contributed by atoms with van der Waals surface area (Å²) in [6, 6.07) is 15.2. The predicted molar refractivity (Wildman–Crippen MR) is 120 cm³/mol. The van der Waals surface area contributed by atoms with Crippen molar-refractivity contribution in [2.24, 2.45) is 0 Å². The van der Waals surface area contributed by atoms with Gasteiger partial charge in [-0.05, 0) is 37.1 Å². The third kappa shape index (κ3) is 6.93. The van der Waals surface area contributed by atoms with Crippen LogP contribution >= 0.6 is 0 Å². The Morgan fingerprint density at radius 1 is 1.00 bits per heavy atom. The molecule has 0 bridgehead atoms. The third-order valence-electron chi connectivity index (χ3n) is 4.91. The maximum atomic E-state index is 13.0. The molecule has 1 atom stereocenters. The van der Waals surface area contributed by atoms with Gasteiger partial charge in [0.2, 0.25) is 5.91 Å². The first-order valence-electron chi connectivity index (χ1n) is 10.4. The number of rotatable bonds is 10. The van der Waals surface area contributed by atoms with Crippen LogP contribution in [0, 0.1) is 0 Å². The molecule has 0 fully saturated rings. The molecule has 2 N–H and O–H groups in total. The summed E-state index contributed by atoms with van der Waals surface area (Å²) in [5.41, 5.74) is 3.04. The maximum Gasteiger partial charge on any atom is 0.253 e. The van der Waals surface area contributed by atoms with Crippen LogP contribution in [-0.2, 0) is 4.79 Å². The molecule has 0 aliphatic heterocycles. The molecule has 0 saturated carbocycles. The van der Waals surface area contributed by atoms with Crippen molar-refractivity contribution in [1.29, 1.82) is 0 Å². The van der Waals surface area contributed by atoms with E-state index >= 15 is 0 Å². The minimum absolute atomic E-state index is 0.0114. The molecule has 29 heavy (non-hydrogen) atoms. The maximum absolute atomic E-state index is 13.0. The molecule has 0 spiro atoms. The molecule has 0 saturated heterocycles. The van der Waals surface area contributed by atoms with E-state index in [1.807, 2.05) is 68.4 Å². The van der Waals surface area contributed by atoms with Gasteiger partial charge in [0, 0.05) is 31.9 Å². The summed E-state index contributed by atoms with van der Waals surface area (Å²) in [4.78, 5) is 27.1. The van der Waals surface area contributed by atoms with Crippen molar-refractivity contribution in [3.8, 4) is 0 Å². The van der Waals surface area contributed by atoms with Gasteiger partial charge in [0.15, 0.2) is 0 Å². The van der Waals surface area contributed by atoms with Crippen LogP contribution in [0.2, 0.25) is 0 Å². The van der Waals surface area contributed by atoms with Crippen molar-refractivity contribution in [2.45, 2.75) is 52.0 Å². The van der Waals surface area contributed by atoms with Crippen LogP contribution < -0.4 is 15.5 Å². The summed E-state index contributed by atoms with van der Waals surface area (Å²) in [6.07, 6.45) is 4.75. The first kappa shape index (κ1) is 22.5. The highest BCUT2D eigenvalue weighted by Gasteiger charge is 2.17. The van der Waals surface area contributed by atoms with Crippen molar-refractivity contribution in [3.63, 3.8) is 0 Å². The van der Waals surface area contributed by atoms with Gasteiger partial charge < -0.3 is 15.5 Å². The predicted octanol–water partition coefficient (Wildman–Crippen LogP) is 5.15. The van der Waals surface area contributed by atoms with E-state index in [0.717, 1.165) is 36.9 Å². The van der Waals surface area contributed by atoms with Gasteiger partial charge >= 0.3 is 0 Å². The minimum Gasteiger partial charge on any atom is -0.377 e. The zero-order valence-corrected chi connectivity index (χ0v) is 18.0. The quantitative estimate of drug-likeness (QED) is 0.547. The Balaban J connectivity index is 2.11. The van der Waals surface area contributed by atoms with Gasteiger partial charge in [-0.15, -0.1) is 0 Å². The van der Waals surface area contributed by atoms with Gasteiger partial charge in [-0.1, -0.05) is 56.5 Å². The number of unbranched alkanes of at least 4 members (excludes halogenated alkanes) is 3. The molecule has 0 unspecified atom stereocenters. The number of hydrogen-bond acceptors (Lipinski definition) is 3. The van der Waals surface area contributed by atoms with Crippen LogP contribution in [0.3, 0.4) is 0 Å². The van der Waals surface area contributed by atoms with Gasteiger partial charge in [-0.2, -0.15) is 0 Å². The second-order valence-electron chi connectivity index (χ2n) is 7.59. The number of benzene rings is 2. The SMILES string of the molecule is CCCCCCC(=O)Nc1ccc(N(C)C)c(C(=O)N[C@@H](C)c2ccccc2)c1. The number of nitrogens with zero attached hydrogens (tertiary/aromatic N) is 1. The van der Waals surface area contributed by atoms with E-state index in [-0.39, 0.29) is 17.9 Å². The Morgan fingerprint density at radius 2 is 1.72 bits per heavy atom. The van der Waals surface area contributed by atoms with Crippen molar-refractivity contribution < 1.29 is 9.59 Å². The summed E-state index contributed by atoms with van der Waals surface area (Å²) < 4.78 is 0. The van der Waals surface area contributed by atoms with E-state index < -0.39 is 0 Å². The van der Waals surface area contributed by atoms with E-state index in [1.165, 1.54) is 0 Å². The van der Waals surface area contributed by atoms with E-state index in [9.17, 15) is 9.59 Å². The van der Waals surface area contributed by atoms with E-state index in [2.05, 4.69) is 17.6 Å². The molecule has 0 heterocycles. The highest BCUT2D eigenvalue weighted by atomic mass is 16.2. The van der Waals surface area contributed by atoms with Crippen molar-refractivity contribution in [3.05, 3.63) is 59.7 Å². The van der Waals surface area contributed by atoms with Gasteiger partial charge in [-0.25, -0.2) is 0 Å². The summed E-state index contributed by atoms with van der Waals surface area (Å²) in [5.74, 6) is -0.174. The van der Waals surface area contributed by atoms with Crippen LogP contribution in [0.15, 0.2) is 48.5 Å². The molecule has 5 nitrogen and oxygen atoms in total. The normalized spacial score (nSPS) is 11.6. The van der Waals surface area contributed by atoms with Crippen molar-refractivity contribution in [1.82, 2.24) is 5.32 Å². The van der Waals surface area contributed by atoms with Crippen LogP contribution in [-0.4, -0.2) is 25.9 Å². The fourth-order valence-electron chi connectivity index (χ4n) is 3.22. The Hall–Kier alpha value is -2.82. The number of amides is 2. The van der Waals surface area contributed by atoms with Gasteiger partial charge in [-0.3, -0.25) is 9.59 Å². The highest BCUT2D eigenvalue weighted by Crippen LogP contribution is 2.24. The molecule has 2 aromatic carbocycles.